The number of piperidine rings is 1. The first-order chi connectivity index (χ1) is 14.3. The van der Waals surface area contributed by atoms with Crippen LogP contribution in [0.15, 0.2) is 52.0 Å². The van der Waals surface area contributed by atoms with Gasteiger partial charge in [0.2, 0.25) is 15.9 Å². The zero-order valence-electron chi connectivity index (χ0n) is 17.1. The fraction of sp³-hybridized carbons (Fsp3) is 0.429. The molecule has 0 radical (unpaired) electrons. The number of benzene rings is 1. The molecule has 1 aromatic heterocycles. The maximum atomic E-state index is 13.0. The molecule has 1 fully saturated rings. The smallest absolute Gasteiger partial charge is 0.251 e. The molecule has 1 saturated heterocycles. The average Bonchev–Trinajstić information content (AvgIpc) is 3.23. The summed E-state index contributed by atoms with van der Waals surface area (Å²) in [5, 5.41) is 5.14. The van der Waals surface area contributed by atoms with Gasteiger partial charge in [0.25, 0.3) is 5.91 Å². The maximum Gasteiger partial charge on any atom is 0.251 e. The maximum absolute atomic E-state index is 13.0. The molecule has 2 aromatic rings. The highest BCUT2D eigenvalue weighted by Gasteiger charge is 2.32. The fourth-order valence-electron chi connectivity index (χ4n) is 3.67. The van der Waals surface area contributed by atoms with Gasteiger partial charge < -0.3 is 15.1 Å². The van der Waals surface area contributed by atoms with Crippen LogP contribution in [0.25, 0.3) is 0 Å². The molecular formula is C21H27N3O5S. The fourth-order valence-corrected chi connectivity index (χ4v) is 5.40. The lowest BCUT2D eigenvalue weighted by Crippen LogP contribution is -2.42. The normalized spacial score (nSPS) is 19.9. The number of amides is 2. The molecule has 3 rings (SSSR count). The van der Waals surface area contributed by atoms with Gasteiger partial charge in [-0.3, -0.25) is 9.59 Å². The van der Waals surface area contributed by atoms with Gasteiger partial charge in [-0.25, -0.2) is 8.42 Å². The van der Waals surface area contributed by atoms with Crippen LogP contribution in [0.1, 0.15) is 36.4 Å². The number of furan rings is 1. The van der Waals surface area contributed by atoms with Crippen molar-refractivity contribution < 1.29 is 22.4 Å². The summed E-state index contributed by atoms with van der Waals surface area (Å²) in [5.74, 6) is 0.290. The minimum atomic E-state index is -3.69. The molecule has 30 heavy (non-hydrogen) atoms. The number of carbonyl (C=O) groups is 2. The Kier molecular flexibility index (Phi) is 6.94. The van der Waals surface area contributed by atoms with E-state index in [9.17, 15) is 18.0 Å². The van der Waals surface area contributed by atoms with E-state index < -0.39 is 15.9 Å². The van der Waals surface area contributed by atoms with Crippen molar-refractivity contribution in [3.8, 4) is 0 Å². The standard InChI is InChI=1S/C21H27N3O5S/c1-15-9-16(2)14-24(13-15)30(27,28)19-7-3-5-17(10-19)21(26)23-12-20(25)22-11-18-6-4-8-29-18/h3-8,10,15-16H,9,11-14H2,1-2H3,(H,22,25)(H,23,26). The second-order valence-electron chi connectivity index (χ2n) is 7.83. The second-order valence-corrected chi connectivity index (χ2v) is 9.77. The van der Waals surface area contributed by atoms with Gasteiger partial charge in [0.15, 0.2) is 0 Å². The number of rotatable bonds is 7. The number of nitrogens with zero attached hydrogens (tertiary/aromatic N) is 1. The van der Waals surface area contributed by atoms with E-state index in [0.717, 1.165) is 6.42 Å². The minimum absolute atomic E-state index is 0.0821. The van der Waals surface area contributed by atoms with Crippen LogP contribution in [-0.2, 0) is 21.4 Å². The third-order valence-corrected chi connectivity index (χ3v) is 6.85. The molecule has 0 aliphatic carbocycles. The van der Waals surface area contributed by atoms with Crippen molar-refractivity contribution in [3.63, 3.8) is 0 Å². The Labute approximate surface area is 176 Å². The Morgan fingerprint density at radius 2 is 1.83 bits per heavy atom. The average molecular weight is 434 g/mol. The van der Waals surface area contributed by atoms with Gasteiger partial charge >= 0.3 is 0 Å². The molecule has 162 valence electrons. The number of nitrogens with one attached hydrogen (secondary N) is 2. The summed E-state index contributed by atoms with van der Waals surface area (Å²) in [5.41, 5.74) is 0.188. The third kappa shape index (κ3) is 5.48. The van der Waals surface area contributed by atoms with Crippen LogP contribution < -0.4 is 10.6 Å². The third-order valence-electron chi connectivity index (χ3n) is 5.02. The first-order valence-corrected chi connectivity index (χ1v) is 11.4. The predicted molar refractivity (Wildman–Crippen MR) is 111 cm³/mol. The Morgan fingerprint density at radius 3 is 2.50 bits per heavy atom. The van der Waals surface area contributed by atoms with Crippen molar-refractivity contribution in [1.82, 2.24) is 14.9 Å². The first kappa shape index (κ1) is 22.0. The summed E-state index contributed by atoms with van der Waals surface area (Å²) in [6.45, 7) is 5.02. The van der Waals surface area contributed by atoms with E-state index in [0.29, 0.717) is 18.8 Å². The van der Waals surface area contributed by atoms with Gasteiger partial charge in [0, 0.05) is 18.7 Å². The Bertz CT molecular complexity index is 978. The highest BCUT2D eigenvalue weighted by Crippen LogP contribution is 2.27. The van der Waals surface area contributed by atoms with Crippen molar-refractivity contribution in [2.75, 3.05) is 19.6 Å². The highest BCUT2D eigenvalue weighted by atomic mass is 32.2. The monoisotopic (exact) mass is 433 g/mol. The summed E-state index contributed by atoms with van der Waals surface area (Å²) in [7, 11) is -3.69. The Hall–Kier alpha value is -2.65. The van der Waals surface area contributed by atoms with Crippen LogP contribution in [0.5, 0.6) is 0 Å². The molecule has 2 heterocycles. The summed E-state index contributed by atoms with van der Waals surface area (Å²) in [6, 6.07) is 9.36. The zero-order chi connectivity index (χ0) is 21.7. The van der Waals surface area contributed by atoms with E-state index >= 15 is 0 Å². The lowest BCUT2D eigenvalue weighted by atomic mass is 9.94. The lowest BCUT2D eigenvalue weighted by Gasteiger charge is -2.34. The van der Waals surface area contributed by atoms with E-state index in [1.54, 1.807) is 12.1 Å². The minimum Gasteiger partial charge on any atom is -0.467 e. The van der Waals surface area contributed by atoms with Crippen LogP contribution in [-0.4, -0.2) is 44.2 Å². The summed E-state index contributed by atoms with van der Waals surface area (Å²) >= 11 is 0. The molecule has 2 atom stereocenters. The van der Waals surface area contributed by atoms with Gasteiger partial charge in [0.05, 0.1) is 24.2 Å². The molecule has 2 N–H and O–H groups in total. The van der Waals surface area contributed by atoms with Crippen molar-refractivity contribution in [2.24, 2.45) is 11.8 Å². The number of hydrogen-bond donors (Lipinski definition) is 2. The molecule has 1 aliphatic heterocycles. The SMILES string of the molecule is CC1CC(C)CN(S(=O)(=O)c2cccc(C(=O)NCC(=O)NCc3ccco3)c2)C1. The molecule has 1 aromatic carbocycles. The number of sulfonamides is 1. The first-order valence-electron chi connectivity index (χ1n) is 9.93. The second kappa shape index (κ2) is 9.44. The topological polar surface area (TPSA) is 109 Å². The quantitative estimate of drug-likeness (QED) is 0.694. The van der Waals surface area contributed by atoms with E-state index in [1.807, 2.05) is 13.8 Å². The molecule has 9 heteroatoms. The highest BCUT2D eigenvalue weighted by molar-refractivity contribution is 7.89. The Morgan fingerprint density at radius 1 is 1.10 bits per heavy atom. The van der Waals surface area contributed by atoms with E-state index in [-0.39, 0.29) is 41.3 Å². The molecule has 8 nitrogen and oxygen atoms in total. The largest absolute Gasteiger partial charge is 0.467 e. The zero-order valence-corrected chi connectivity index (χ0v) is 17.9. The van der Waals surface area contributed by atoms with Gasteiger partial charge in [-0.1, -0.05) is 19.9 Å². The molecular weight excluding hydrogens is 406 g/mol. The van der Waals surface area contributed by atoms with E-state index in [4.69, 9.17) is 4.42 Å². The van der Waals surface area contributed by atoms with Crippen LogP contribution in [0.4, 0.5) is 0 Å². The summed E-state index contributed by atoms with van der Waals surface area (Å²) in [4.78, 5) is 24.4. The predicted octanol–water partition coefficient (Wildman–Crippen LogP) is 1.99. The summed E-state index contributed by atoms with van der Waals surface area (Å²) < 4.78 is 32.7. The summed E-state index contributed by atoms with van der Waals surface area (Å²) in [6.07, 6.45) is 2.51. The van der Waals surface area contributed by atoms with Gasteiger partial charge in [-0.15, -0.1) is 0 Å². The molecule has 0 bridgehead atoms. The molecule has 1 aliphatic rings. The van der Waals surface area contributed by atoms with Crippen LogP contribution in [0.3, 0.4) is 0 Å². The van der Waals surface area contributed by atoms with Crippen molar-refractivity contribution in [2.45, 2.75) is 31.7 Å². The van der Waals surface area contributed by atoms with Gasteiger partial charge in [-0.2, -0.15) is 4.31 Å². The van der Waals surface area contributed by atoms with E-state index in [1.165, 1.54) is 34.8 Å². The van der Waals surface area contributed by atoms with Crippen molar-refractivity contribution in [3.05, 3.63) is 54.0 Å². The van der Waals surface area contributed by atoms with Gasteiger partial charge in [0.1, 0.15) is 5.76 Å². The van der Waals surface area contributed by atoms with Crippen LogP contribution in [0, 0.1) is 11.8 Å². The van der Waals surface area contributed by atoms with E-state index in [2.05, 4.69) is 10.6 Å². The van der Waals surface area contributed by atoms with Gasteiger partial charge in [-0.05, 0) is 48.6 Å². The number of hydrogen-bond acceptors (Lipinski definition) is 5. The molecule has 2 unspecified atom stereocenters. The van der Waals surface area contributed by atoms with Crippen LogP contribution in [0.2, 0.25) is 0 Å². The number of carbonyl (C=O) groups excluding carboxylic acids is 2. The van der Waals surface area contributed by atoms with Crippen LogP contribution >= 0.6 is 0 Å². The molecule has 0 saturated carbocycles. The van der Waals surface area contributed by atoms with Crippen molar-refractivity contribution in [1.29, 1.82) is 0 Å². The lowest BCUT2D eigenvalue weighted by molar-refractivity contribution is -0.120. The Balaban J connectivity index is 1.61. The van der Waals surface area contributed by atoms with Crippen molar-refractivity contribution >= 4 is 21.8 Å². The molecule has 2 amide bonds. The molecule has 0 spiro atoms.